The molecule has 0 bridgehead atoms. The Morgan fingerprint density at radius 1 is 1.00 bits per heavy atom. The Balaban J connectivity index is 1.57. The Kier molecular flexibility index (Phi) is 7.67. The minimum absolute atomic E-state index is 0.116. The summed E-state index contributed by atoms with van der Waals surface area (Å²) >= 11 is 18.5. The Bertz CT molecular complexity index is 1320. The fourth-order valence-corrected chi connectivity index (χ4v) is 4.52. The Morgan fingerprint density at radius 3 is 2.41 bits per heavy atom. The van der Waals surface area contributed by atoms with Gasteiger partial charge in [0.15, 0.2) is 11.6 Å². The van der Waals surface area contributed by atoms with Crippen LogP contribution in [0.3, 0.4) is 0 Å². The number of benzene rings is 3. The van der Waals surface area contributed by atoms with E-state index in [0.717, 1.165) is 22.5 Å². The molecular weight excluding hydrogens is 489 g/mol. The zero-order chi connectivity index (χ0) is 24.2. The van der Waals surface area contributed by atoms with E-state index in [4.69, 9.17) is 44.1 Å². The van der Waals surface area contributed by atoms with Crippen LogP contribution in [0.1, 0.15) is 47.8 Å². The highest BCUT2D eigenvalue weighted by molar-refractivity contribution is 6.39. The summed E-state index contributed by atoms with van der Waals surface area (Å²) in [5, 5.41) is 6.01. The summed E-state index contributed by atoms with van der Waals surface area (Å²) < 4.78 is 11.8. The van der Waals surface area contributed by atoms with E-state index >= 15 is 0 Å². The van der Waals surface area contributed by atoms with E-state index in [1.165, 1.54) is 5.56 Å². The van der Waals surface area contributed by atoms with Crippen molar-refractivity contribution >= 4 is 35.4 Å². The number of aryl methyl sites for hydroxylation is 1. The Morgan fingerprint density at radius 2 is 1.74 bits per heavy atom. The van der Waals surface area contributed by atoms with E-state index in [2.05, 4.69) is 36.4 Å². The lowest BCUT2D eigenvalue weighted by Crippen LogP contribution is -2.01. The molecule has 0 atom stereocenters. The highest BCUT2D eigenvalue weighted by atomic mass is 35.5. The standard InChI is InChI=1S/C28H25Cl3NO2/c1-17(2)28-22(27(32-34-28)26-23(29)8-5-9-24(26)30)16-33-21-13-12-20(25(31)15-21)11-10-19-7-4-6-18(3)14-19/h4-15,17,31H,16H2,1-3H3/q+1/b11-10+. The van der Waals surface area contributed by atoms with Crippen molar-refractivity contribution in [3.05, 3.63) is 104 Å². The summed E-state index contributed by atoms with van der Waals surface area (Å²) in [6.45, 7) is 6.41. The molecule has 6 heteroatoms. The fourth-order valence-electron chi connectivity index (χ4n) is 3.69. The molecule has 0 fully saturated rings. The minimum atomic E-state index is 0.116. The number of halogens is 3. The zero-order valence-electron chi connectivity index (χ0n) is 19.1. The van der Waals surface area contributed by atoms with Gasteiger partial charge in [0.25, 0.3) is 0 Å². The molecule has 34 heavy (non-hydrogen) atoms. The average molecular weight is 514 g/mol. The van der Waals surface area contributed by atoms with Crippen LogP contribution >= 0.6 is 23.2 Å². The van der Waals surface area contributed by atoms with Crippen LogP contribution in [0.25, 0.3) is 23.4 Å². The molecule has 0 radical (unpaired) electrons. The van der Waals surface area contributed by atoms with Crippen molar-refractivity contribution in [1.29, 1.82) is 0 Å². The summed E-state index contributed by atoms with van der Waals surface area (Å²) in [5.74, 6) is 1.52. The van der Waals surface area contributed by atoms with Gasteiger partial charge in [-0.25, -0.2) is 0 Å². The fraction of sp³-hybridized carbons (Fsp3) is 0.179. The highest BCUT2D eigenvalue weighted by Gasteiger charge is 2.24. The molecule has 0 saturated heterocycles. The van der Waals surface area contributed by atoms with Crippen LogP contribution in [0.2, 0.25) is 15.1 Å². The van der Waals surface area contributed by atoms with Crippen molar-refractivity contribution in [2.45, 2.75) is 33.3 Å². The number of ether oxygens (including phenoxy) is 1. The summed E-state index contributed by atoms with van der Waals surface area (Å²) in [4.78, 5) is 0. The van der Waals surface area contributed by atoms with Gasteiger partial charge < -0.3 is 9.26 Å². The summed E-state index contributed by atoms with van der Waals surface area (Å²) in [7, 11) is 0. The van der Waals surface area contributed by atoms with E-state index in [1.54, 1.807) is 18.2 Å². The second kappa shape index (κ2) is 10.7. The van der Waals surface area contributed by atoms with Gasteiger partial charge in [-0.05, 0) is 42.8 Å². The molecule has 0 aliphatic heterocycles. The van der Waals surface area contributed by atoms with Crippen molar-refractivity contribution < 1.29 is 20.9 Å². The molecule has 0 saturated carbocycles. The SMILES string of the molecule is Cc1cccc(/C=C/c2ccc(OCc3c(-c4c(Cl)cccc4Cl)noc3C(C)C)cc2[ClH+])c1. The lowest BCUT2D eigenvalue weighted by molar-refractivity contribution is -0.289. The molecule has 3 nitrogen and oxygen atoms in total. The van der Waals surface area contributed by atoms with Gasteiger partial charge in [0, 0.05) is 23.1 Å². The van der Waals surface area contributed by atoms with Gasteiger partial charge in [-0.1, -0.05) is 84.2 Å². The molecule has 0 unspecified atom stereocenters. The van der Waals surface area contributed by atoms with Crippen molar-refractivity contribution in [3.63, 3.8) is 0 Å². The van der Waals surface area contributed by atoms with Crippen LogP contribution in [0.5, 0.6) is 5.75 Å². The molecular formula is C28H25Cl3NO2+. The third kappa shape index (κ3) is 5.50. The maximum atomic E-state index is 6.44. The van der Waals surface area contributed by atoms with Crippen molar-refractivity contribution in [3.8, 4) is 17.0 Å². The zero-order valence-corrected chi connectivity index (χ0v) is 21.5. The minimum Gasteiger partial charge on any atom is -0.488 e. The van der Waals surface area contributed by atoms with Crippen LogP contribution < -0.4 is 4.74 Å². The number of aromatic nitrogens is 1. The van der Waals surface area contributed by atoms with Gasteiger partial charge in [-0.2, -0.15) is 0 Å². The topological polar surface area (TPSA) is 35.3 Å². The second-order valence-corrected chi connectivity index (χ2v) is 9.62. The van der Waals surface area contributed by atoms with Crippen LogP contribution in [-0.4, -0.2) is 5.16 Å². The second-order valence-electron chi connectivity index (χ2n) is 8.36. The van der Waals surface area contributed by atoms with E-state index in [-0.39, 0.29) is 12.5 Å². The first-order chi connectivity index (χ1) is 16.3. The third-order valence-corrected chi connectivity index (χ3v) is 6.39. The predicted octanol–water partition coefficient (Wildman–Crippen LogP) is 8.53. The molecule has 0 spiro atoms. The summed E-state index contributed by atoms with van der Waals surface area (Å²) in [5.41, 5.74) is 5.36. The largest absolute Gasteiger partial charge is 0.488 e. The third-order valence-electron chi connectivity index (χ3n) is 5.41. The van der Waals surface area contributed by atoms with Crippen molar-refractivity contribution in [1.82, 2.24) is 5.16 Å². The predicted molar refractivity (Wildman–Crippen MR) is 137 cm³/mol. The van der Waals surface area contributed by atoms with Crippen molar-refractivity contribution in [2.24, 2.45) is 0 Å². The lowest BCUT2D eigenvalue weighted by Gasteiger charge is -2.10. The molecule has 4 aromatic rings. The molecule has 4 rings (SSSR count). The monoisotopic (exact) mass is 512 g/mol. The quantitative estimate of drug-likeness (QED) is 0.232. The average Bonchev–Trinajstić information content (AvgIpc) is 3.21. The highest BCUT2D eigenvalue weighted by Crippen LogP contribution is 2.39. The normalized spacial score (nSPS) is 11.5. The van der Waals surface area contributed by atoms with E-state index in [0.29, 0.717) is 32.1 Å². The molecule has 174 valence electrons. The van der Waals surface area contributed by atoms with Gasteiger partial charge >= 0.3 is 0 Å². The van der Waals surface area contributed by atoms with E-state index in [9.17, 15) is 0 Å². The van der Waals surface area contributed by atoms with Crippen molar-refractivity contribution in [2.75, 3.05) is 0 Å². The number of hydrogen-bond acceptors (Lipinski definition) is 3. The molecule has 1 heterocycles. The van der Waals surface area contributed by atoms with Crippen LogP contribution in [-0.2, 0) is 6.61 Å². The van der Waals surface area contributed by atoms with Gasteiger partial charge in [0.05, 0.1) is 15.6 Å². The number of hydrogen-bond donors (Lipinski definition) is 0. The maximum Gasteiger partial charge on any atom is 0.236 e. The first-order valence-electron chi connectivity index (χ1n) is 10.9. The van der Waals surface area contributed by atoms with Gasteiger partial charge in [-0.15, -0.1) is 0 Å². The first-order valence-corrected chi connectivity index (χ1v) is 12.1. The van der Waals surface area contributed by atoms with Crippen LogP contribution in [0.4, 0.5) is 0 Å². The molecule has 1 aromatic heterocycles. The van der Waals surface area contributed by atoms with E-state index in [1.807, 2.05) is 44.2 Å². The molecule has 0 aliphatic carbocycles. The van der Waals surface area contributed by atoms with Gasteiger partial charge in [-0.3, -0.25) is 0 Å². The van der Waals surface area contributed by atoms with Crippen LogP contribution in [0, 0.1) is 18.5 Å². The van der Waals surface area contributed by atoms with Gasteiger partial charge in [0.2, 0.25) is 5.02 Å². The Labute approximate surface area is 214 Å². The molecule has 0 amide bonds. The molecule has 0 aliphatic rings. The Hall–Kier alpha value is -2.72. The smallest absolute Gasteiger partial charge is 0.236 e. The van der Waals surface area contributed by atoms with Crippen LogP contribution in [0.15, 0.2) is 65.2 Å². The summed E-state index contributed by atoms with van der Waals surface area (Å²) in [6, 6.07) is 19.4. The lowest BCUT2D eigenvalue weighted by atomic mass is 10.0. The molecule has 3 aromatic carbocycles. The summed E-state index contributed by atoms with van der Waals surface area (Å²) in [6.07, 6.45) is 4.08. The number of rotatable bonds is 7. The first kappa shape index (κ1) is 24.4. The van der Waals surface area contributed by atoms with E-state index < -0.39 is 0 Å². The maximum absolute atomic E-state index is 6.44. The number of nitrogens with zero attached hydrogens (tertiary/aromatic N) is 1. The van der Waals surface area contributed by atoms with Gasteiger partial charge in [0.1, 0.15) is 23.8 Å². The molecule has 0 N–H and O–H groups in total.